The van der Waals surface area contributed by atoms with Crippen LogP contribution in [0.25, 0.3) is 0 Å². The molecule has 0 aliphatic rings. The molecule has 45 heavy (non-hydrogen) atoms. The number of anilines is 1. The third-order valence-electron chi connectivity index (χ3n) is 7.93. The van der Waals surface area contributed by atoms with Gasteiger partial charge in [-0.2, -0.15) is 0 Å². The molecule has 9 heteroatoms. The molecule has 0 bridgehead atoms. The van der Waals surface area contributed by atoms with E-state index in [1.54, 1.807) is 30.3 Å². The van der Waals surface area contributed by atoms with Crippen LogP contribution in [0.3, 0.4) is 0 Å². The highest BCUT2D eigenvalue weighted by atomic mass is 79.9. The van der Waals surface area contributed by atoms with Crippen LogP contribution >= 0.6 is 15.9 Å². The molecular formula is C36H40BrN3O4S. The Morgan fingerprint density at radius 3 is 2.04 bits per heavy atom. The van der Waals surface area contributed by atoms with Gasteiger partial charge in [0.05, 0.1) is 10.6 Å². The number of sulfonamides is 1. The number of nitrogens with zero attached hydrogens (tertiary/aromatic N) is 2. The van der Waals surface area contributed by atoms with Crippen LogP contribution in [-0.2, 0) is 32.6 Å². The topological polar surface area (TPSA) is 86.8 Å². The highest BCUT2D eigenvalue weighted by molar-refractivity contribution is 9.10. The molecule has 236 valence electrons. The van der Waals surface area contributed by atoms with E-state index in [1.807, 2.05) is 88.4 Å². The molecule has 0 saturated carbocycles. The lowest BCUT2D eigenvalue weighted by Gasteiger charge is -2.34. The molecule has 1 N–H and O–H groups in total. The zero-order chi connectivity index (χ0) is 32.6. The van der Waals surface area contributed by atoms with Crippen molar-refractivity contribution in [1.29, 1.82) is 0 Å². The van der Waals surface area contributed by atoms with Gasteiger partial charge in [-0.15, -0.1) is 0 Å². The minimum atomic E-state index is -4.14. The SMILES string of the molecule is CC[C@H](C)NC(=O)[C@@H](Cc1ccccc1)N(Cc1ccc(Br)cc1)C(=O)CN(c1ccc(C)c(C)c1)S(=O)(=O)c1ccccc1. The van der Waals surface area contributed by atoms with Crippen LogP contribution in [0.4, 0.5) is 5.69 Å². The summed E-state index contributed by atoms with van der Waals surface area (Å²) in [6.07, 6.45) is 0.987. The molecule has 0 saturated heterocycles. The average molecular weight is 691 g/mol. The molecule has 4 aromatic rings. The number of amides is 2. The molecule has 0 unspecified atom stereocenters. The number of nitrogens with one attached hydrogen (secondary N) is 1. The molecule has 0 heterocycles. The first kappa shape index (κ1) is 33.9. The minimum absolute atomic E-state index is 0.0748. The van der Waals surface area contributed by atoms with Crippen LogP contribution in [0, 0.1) is 13.8 Å². The molecule has 0 aliphatic heterocycles. The van der Waals surface area contributed by atoms with Crippen molar-refractivity contribution in [3.8, 4) is 0 Å². The zero-order valence-corrected chi connectivity index (χ0v) is 28.5. The van der Waals surface area contributed by atoms with E-state index in [4.69, 9.17) is 0 Å². The highest BCUT2D eigenvalue weighted by Gasteiger charge is 2.35. The summed E-state index contributed by atoms with van der Waals surface area (Å²) in [6, 6.07) is 29.5. The first-order chi connectivity index (χ1) is 21.5. The van der Waals surface area contributed by atoms with Crippen LogP contribution in [-0.4, -0.2) is 43.8 Å². The molecule has 7 nitrogen and oxygen atoms in total. The van der Waals surface area contributed by atoms with Crippen molar-refractivity contribution in [2.45, 2.75) is 64.1 Å². The van der Waals surface area contributed by atoms with Crippen molar-refractivity contribution >= 4 is 43.5 Å². The number of rotatable bonds is 13. The lowest BCUT2D eigenvalue weighted by molar-refractivity contribution is -0.140. The Kier molecular flexibility index (Phi) is 11.6. The number of halogens is 1. The summed E-state index contributed by atoms with van der Waals surface area (Å²) in [6.45, 7) is 7.39. The molecule has 4 rings (SSSR count). The van der Waals surface area contributed by atoms with Crippen molar-refractivity contribution in [3.63, 3.8) is 0 Å². The second-order valence-electron chi connectivity index (χ2n) is 11.3. The second-order valence-corrected chi connectivity index (χ2v) is 14.0. The molecule has 0 spiro atoms. The third-order valence-corrected chi connectivity index (χ3v) is 10.2. The quantitative estimate of drug-likeness (QED) is 0.167. The van der Waals surface area contributed by atoms with Gasteiger partial charge < -0.3 is 10.2 Å². The van der Waals surface area contributed by atoms with Crippen LogP contribution in [0.5, 0.6) is 0 Å². The minimum Gasteiger partial charge on any atom is -0.352 e. The fourth-order valence-corrected chi connectivity index (χ4v) is 6.60. The van der Waals surface area contributed by atoms with Gasteiger partial charge in [0.25, 0.3) is 10.0 Å². The summed E-state index contributed by atoms with van der Waals surface area (Å²) in [7, 11) is -4.14. The van der Waals surface area contributed by atoms with E-state index in [9.17, 15) is 18.0 Å². The number of aryl methyl sites for hydroxylation is 2. The molecular weight excluding hydrogens is 650 g/mol. The number of hydrogen-bond acceptors (Lipinski definition) is 4. The second kappa shape index (κ2) is 15.4. The lowest BCUT2D eigenvalue weighted by atomic mass is 10.0. The lowest BCUT2D eigenvalue weighted by Crippen LogP contribution is -2.54. The van der Waals surface area contributed by atoms with Crippen LogP contribution in [0.15, 0.2) is 112 Å². The number of carbonyl (C=O) groups excluding carboxylic acids is 2. The van der Waals surface area contributed by atoms with Crippen molar-refractivity contribution in [2.75, 3.05) is 10.8 Å². The summed E-state index contributed by atoms with van der Waals surface area (Å²) in [5, 5.41) is 3.06. The first-order valence-corrected chi connectivity index (χ1v) is 17.3. The fraction of sp³-hybridized carbons (Fsp3) is 0.278. The van der Waals surface area contributed by atoms with Crippen LogP contribution in [0.1, 0.15) is 42.5 Å². The Morgan fingerprint density at radius 2 is 1.44 bits per heavy atom. The van der Waals surface area contributed by atoms with Gasteiger partial charge in [-0.1, -0.05) is 89.6 Å². The average Bonchev–Trinajstić information content (AvgIpc) is 3.04. The molecule has 0 aromatic heterocycles. The van der Waals surface area contributed by atoms with Gasteiger partial charge in [-0.05, 0) is 85.8 Å². The van der Waals surface area contributed by atoms with Gasteiger partial charge in [0, 0.05) is 23.5 Å². The number of benzene rings is 4. The van der Waals surface area contributed by atoms with Crippen molar-refractivity contribution in [1.82, 2.24) is 10.2 Å². The number of hydrogen-bond donors (Lipinski definition) is 1. The standard InChI is InChI=1S/C36H40BrN3O4S/c1-5-28(4)38-36(42)34(23-29-12-8-6-9-13-29)39(24-30-17-19-31(37)20-18-30)35(41)25-40(32-21-16-26(2)27(3)22-32)45(43,44)33-14-10-7-11-15-33/h6-22,28,34H,5,23-25H2,1-4H3,(H,38,42)/t28-,34+/m0/s1. The normalized spacial score (nSPS) is 12.6. The molecule has 2 amide bonds. The van der Waals surface area contributed by atoms with Gasteiger partial charge in [-0.3, -0.25) is 13.9 Å². The van der Waals surface area contributed by atoms with Crippen LogP contribution < -0.4 is 9.62 Å². The fourth-order valence-electron chi connectivity index (χ4n) is 4.91. The van der Waals surface area contributed by atoms with Crippen molar-refractivity contribution in [3.05, 3.63) is 130 Å². The van der Waals surface area contributed by atoms with Gasteiger partial charge in [-0.25, -0.2) is 8.42 Å². The summed E-state index contributed by atoms with van der Waals surface area (Å²) >= 11 is 3.47. The predicted octanol–water partition coefficient (Wildman–Crippen LogP) is 6.82. The van der Waals surface area contributed by atoms with E-state index in [-0.39, 0.29) is 29.8 Å². The molecule has 2 atom stereocenters. The monoisotopic (exact) mass is 689 g/mol. The van der Waals surface area contributed by atoms with Gasteiger partial charge in [0.2, 0.25) is 11.8 Å². The van der Waals surface area contributed by atoms with E-state index >= 15 is 0 Å². The summed E-state index contributed by atoms with van der Waals surface area (Å²) < 4.78 is 30.3. The van der Waals surface area contributed by atoms with Gasteiger partial charge in [0.1, 0.15) is 12.6 Å². The highest BCUT2D eigenvalue weighted by Crippen LogP contribution is 2.27. The maximum absolute atomic E-state index is 14.6. The van der Waals surface area contributed by atoms with Gasteiger partial charge >= 0.3 is 0 Å². The Morgan fingerprint density at radius 1 is 0.822 bits per heavy atom. The van der Waals surface area contributed by atoms with E-state index in [0.717, 1.165) is 37.5 Å². The molecule has 4 aromatic carbocycles. The molecule has 0 radical (unpaired) electrons. The van der Waals surface area contributed by atoms with Crippen molar-refractivity contribution in [2.24, 2.45) is 0 Å². The predicted molar refractivity (Wildman–Crippen MR) is 183 cm³/mol. The Labute approximate surface area is 275 Å². The largest absolute Gasteiger partial charge is 0.352 e. The van der Waals surface area contributed by atoms with Crippen LogP contribution in [0.2, 0.25) is 0 Å². The Balaban J connectivity index is 1.81. The Bertz CT molecular complexity index is 1700. The third kappa shape index (κ3) is 8.83. The maximum Gasteiger partial charge on any atom is 0.264 e. The molecule has 0 aliphatic carbocycles. The summed E-state index contributed by atoms with van der Waals surface area (Å²) in [4.78, 5) is 30.1. The zero-order valence-electron chi connectivity index (χ0n) is 26.1. The summed E-state index contributed by atoms with van der Waals surface area (Å²) in [5.41, 5.74) is 3.98. The summed E-state index contributed by atoms with van der Waals surface area (Å²) in [5.74, 6) is -0.779. The van der Waals surface area contributed by atoms with E-state index in [1.165, 1.54) is 17.0 Å². The number of carbonyl (C=O) groups is 2. The Hall–Kier alpha value is -3.95. The maximum atomic E-state index is 14.6. The van der Waals surface area contributed by atoms with Gasteiger partial charge in [0.15, 0.2) is 0 Å². The molecule has 0 fully saturated rings. The van der Waals surface area contributed by atoms with Crippen molar-refractivity contribution < 1.29 is 18.0 Å². The first-order valence-electron chi connectivity index (χ1n) is 15.0. The van der Waals surface area contributed by atoms with E-state index in [0.29, 0.717) is 5.69 Å². The van der Waals surface area contributed by atoms with E-state index < -0.39 is 28.5 Å². The van der Waals surface area contributed by atoms with E-state index in [2.05, 4.69) is 21.2 Å². The smallest absolute Gasteiger partial charge is 0.264 e.